The van der Waals surface area contributed by atoms with Crippen LogP contribution in [0, 0.1) is 11.3 Å². The van der Waals surface area contributed by atoms with Crippen LogP contribution in [0.5, 0.6) is 0 Å². The van der Waals surface area contributed by atoms with Crippen LogP contribution in [0.25, 0.3) is 0 Å². The average Bonchev–Trinajstić information content (AvgIpc) is 3.04. The second kappa shape index (κ2) is 6.20. The summed E-state index contributed by atoms with van der Waals surface area (Å²) in [6.07, 6.45) is 4.32. The summed E-state index contributed by atoms with van der Waals surface area (Å²) in [5.74, 6) is 0.911. The largest absolute Gasteiger partial charge is 0.368 e. The minimum Gasteiger partial charge on any atom is -0.368 e. The molecule has 1 unspecified atom stereocenters. The van der Waals surface area contributed by atoms with Crippen LogP contribution in [0.15, 0.2) is 36.8 Å². The third-order valence-corrected chi connectivity index (χ3v) is 4.40. The van der Waals surface area contributed by atoms with E-state index in [0.29, 0.717) is 16.6 Å². The molecule has 22 heavy (non-hydrogen) atoms. The van der Waals surface area contributed by atoms with Crippen LogP contribution in [0.1, 0.15) is 12.0 Å². The summed E-state index contributed by atoms with van der Waals surface area (Å²) in [5.41, 5.74) is 1.46. The van der Waals surface area contributed by atoms with E-state index in [2.05, 4.69) is 25.8 Å². The molecule has 1 saturated heterocycles. The summed E-state index contributed by atoms with van der Waals surface area (Å²) in [6.45, 7) is 1.74. The van der Waals surface area contributed by atoms with Crippen LogP contribution in [0.2, 0.25) is 5.02 Å². The molecule has 0 radical (unpaired) electrons. The van der Waals surface area contributed by atoms with Crippen molar-refractivity contribution in [2.24, 2.45) is 0 Å². The molecule has 0 amide bonds. The molecule has 2 heterocycles. The SMILES string of the molecule is CN(c1ccncn1)C1CCN(c2cccc(Cl)c2C#N)C1. The van der Waals surface area contributed by atoms with Crippen LogP contribution < -0.4 is 9.80 Å². The Kier molecular flexibility index (Phi) is 4.12. The van der Waals surface area contributed by atoms with Crippen LogP contribution in [-0.2, 0) is 0 Å². The smallest absolute Gasteiger partial charge is 0.131 e. The fraction of sp³-hybridized carbons (Fsp3) is 0.312. The number of anilines is 2. The third-order valence-electron chi connectivity index (χ3n) is 4.08. The topological polar surface area (TPSA) is 56.1 Å². The van der Waals surface area contributed by atoms with Gasteiger partial charge in [0.2, 0.25) is 0 Å². The molecule has 0 bridgehead atoms. The number of benzene rings is 1. The quantitative estimate of drug-likeness (QED) is 0.872. The standard InChI is InChI=1S/C16H16ClN5/c1-21(16-5-7-19-11-20-16)12-6-8-22(10-12)15-4-2-3-14(17)13(15)9-18/h2-5,7,11-12H,6,8,10H2,1H3. The molecule has 2 aromatic rings. The first kappa shape index (κ1) is 14.6. The first-order valence-electron chi connectivity index (χ1n) is 7.13. The molecule has 5 nitrogen and oxygen atoms in total. The lowest BCUT2D eigenvalue weighted by molar-refractivity contribution is 0.683. The summed E-state index contributed by atoms with van der Waals surface area (Å²) in [5, 5.41) is 9.83. The Balaban J connectivity index is 1.79. The maximum absolute atomic E-state index is 9.32. The number of nitrogens with zero attached hydrogens (tertiary/aromatic N) is 5. The van der Waals surface area contributed by atoms with Crippen LogP contribution >= 0.6 is 11.6 Å². The van der Waals surface area contributed by atoms with Gasteiger partial charge >= 0.3 is 0 Å². The van der Waals surface area contributed by atoms with Gasteiger partial charge in [0.05, 0.1) is 16.3 Å². The highest BCUT2D eigenvalue weighted by Gasteiger charge is 2.28. The number of halogens is 1. The zero-order chi connectivity index (χ0) is 15.5. The van der Waals surface area contributed by atoms with E-state index in [-0.39, 0.29) is 0 Å². The first-order valence-corrected chi connectivity index (χ1v) is 7.51. The van der Waals surface area contributed by atoms with Gasteiger partial charge in [-0.3, -0.25) is 0 Å². The van der Waals surface area contributed by atoms with Gasteiger partial charge in [-0.05, 0) is 24.6 Å². The van der Waals surface area contributed by atoms with Gasteiger partial charge in [-0.25, -0.2) is 9.97 Å². The fourth-order valence-electron chi connectivity index (χ4n) is 2.84. The Morgan fingerprint density at radius 2 is 2.27 bits per heavy atom. The van der Waals surface area contributed by atoms with Gasteiger partial charge in [-0.15, -0.1) is 0 Å². The zero-order valence-electron chi connectivity index (χ0n) is 12.3. The van der Waals surface area contributed by atoms with Gasteiger partial charge in [0, 0.05) is 32.4 Å². The third kappa shape index (κ3) is 2.70. The molecular weight excluding hydrogens is 298 g/mol. The second-order valence-electron chi connectivity index (χ2n) is 5.31. The Hall–Kier alpha value is -2.32. The van der Waals surface area contributed by atoms with Gasteiger partial charge in [0.1, 0.15) is 18.2 Å². The van der Waals surface area contributed by atoms with Gasteiger partial charge in [-0.1, -0.05) is 17.7 Å². The molecule has 1 atom stereocenters. The monoisotopic (exact) mass is 313 g/mol. The molecule has 1 aromatic carbocycles. The van der Waals surface area contributed by atoms with E-state index >= 15 is 0 Å². The summed E-state index contributed by atoms with van der Waals surface area (Å²) < 4.78 is 0. The van der Waals surface area contributed by atoms with E-state index in [4.69, 9.17) is 11.6 Å². The molecule has 0 saturated carbocycles. The lowest BCUT2D eigenvalue weighted by Crippen LogP contribution is -2.35. The average molecular weight is 314 g/mol. The summed E-state index contributed by atoms with van der Waals surface area (Å²) in [7, 11) is 2.04. The zero-order valence-corrected chi connectivity index (χ0v) is 13.0. The predicted octanol–water partition coefficient (Wildman–Crippen LogP) is 2.72. The van der Waals surface area contributed by atoms with E-state index in [1.54, 1.807) is 18.6 Å². The molecule has 0 spiro atoms. The van der Waals surface area contributed by atoms with Crippen molar-refractivity contribution in [3.05, 3.63) is 47.4 Å². The molecule has 1 fully saturated rings. The number of likely N-dealkylation sites (N-methyl/N-ethyl adjacent to an activating group) is 1. The molecule has 6 heteroatoms. The number of hydrogen-bond donors (Lipinski definition) is 0. The molecule has 1 aliphatic heterocycles. The molecule has 0 aliphatic carbocycles. The summed E-state index contributed by atoms with van der Waals surface area (Å²) in [6, 6.07) is 10.1. The van der Waals surface area contributed by atoms with Crippen molar-refractivity contribution in [2.75, 3.05) is 29.9 Å². The molecule has 1 aromatic heterocycles. The normalized spacial score (nSPS) is 17.3. The first-order chi connectivity index (χ1) is 10.7. The van der Waals surface area contributed by atoms with Gasteiger partial charge in [-0.2, -0.15) is 5.26 Å². The van der Waals surface area contributed by atoms with Gasteiger partial charge in [0.25, 0.3) is 0 Å². The molecular formula is C16H16ClN5. The van der Waals surface area contributed by atoms with Gasteiger partial charge in [0.15, 0.2) is 0 Å². The molecule has 0 N–H and O–H groups in total. The van der Waals surface area contributed by atoms with E-state index in [9.17, 15) is 5.26 Å². The van der Waals surface area contributed by atoms with Gasteiger partial charge < -0.3 is 9.80 Å². The van der Waals surface area contributed by atoms with Crippen LogP contribution in [0.3, 0.4) is 0 Å². The van der Waals surface area contributed by atoms with Crippen LogP contribution in [-0.4, -0.2) is 36.1 Å². The maximum atomic E-state index is 9.32. The highest BCUT2D eigenvalue weighted by molar-refractivity contribution is 6.32. The Morgan fingerprint density at radius 1 is 1.41 bits per heavy atom. The van der Waals surface area contributed by atoms with Crippen molar-refractivity contribution in [2.45, 2.75) is 12.5 Å². The molecule has 112 valence electrons. The lowest BCUT2D eigenvalue weighted by atomic mass is 10.2. The minimum atomic E-state index is 0.348. The summed E-state index contributed by atoms with van der Waals surface area (Å²) in [4.78, 5) is 12.6. The van der Waals surface area contributed by atoms with Crippen molar-refractivity contribution in [1.82, 2.24) is 9.97 Å². The minimum absolute atomic E-state index is 0.348. The highest BCUT2D eigenvalue weighted by Crippen LogP contribution is 2.30. The number of hydrogen-bond acceptors (Lipinski definition) is 5. The molecule has 1 aliphatic rings. The van der Waals surface area contributed by atoms with Crippen molar-refractivity contribution >= 4 is 23.1 Å². The number of aromatic nitrogens is 2. The van der Waals surface area contributed by atoms with E-state index < -0.39 is 0 Å². The van der Waals surface area contributed by atoms with Crippen molar-refractivity contribution in [3.63, 3.8) is 0 Å². The Labute approximate surface area is 134 Å². The van der Waals surface area contributed by atoms with Crippen molar-refractivity contribution in [1.29, 1.82) is 5.26 Å². The highest BCUT2D eigenvalue weighted by atomic mass is 35.5. The van der Waals surface area contributed by atoms with E-state index in [0.717, 1.165) is 31.0 Å². The van der Waals surface area contributed by atoms with Crippen molar-refractivity contribution < 1.29 is 0 Å². The Bertz CT molecular complexity index is 697. The lowest BCUT2D eigenvalue weighted by Gasteiger charge is -2.26. The number of rotatable bonds is 3. The Morgan fingerprint density at radius 3 is 3.00 bits per heavy atom. The molecule has 3 rings (SSSR count). The maximum Gasteiger partial charge on any atom is 0.131 e. The van der Waals surface area contributed by atoms with Crippen molar-refractivity contribution in [3.8, 4) is 6.07 Å². The van der Waals surface area contributed by atoms with E-state index in [1.165, 1.54) is 0 Å². The van der Waals surface area contributed by atoms with E-state index in [1.807, 2.05) is 25.2 Å². The second-order valence-corrected chi connectivity index (χ2v) is 5.72. The predicted molar refractivity (Wildman–Crippen MR) is 87.2 cm³/mol. The van der Waals surface area contributed by atoms with Crippen LogP contribution in [0.4, 0.5) is 11.5 Å². The number of nitriles is 1. The summed E-state index contributed by atoms with van der Waals surface area (Å²) >= 11 is 6.13. The fourth-order valence-corrected chi connectivity index (χ4v) is 3.05.